The molecule has 1 aliphatic carbocycles. The van der Waals surface area contributed by atoms with Gasteiger partial charge in [-0.1, -0.05) is 32.9 Å². The lowest BCUT2D eigenvalue weighted by molar-refractivity contribution is 0.416. The molecule has 0 bridgehead atoms. The summed E-state index contributed by atoms with van der Waals surface area (Å²) in [5.74, 6) is 1.94. The van der Waals surface area contributed by atoms with Crippen molar-refractivity contribution in [1.29, 1.82) is 5.26 Å². The summed E-state index contributed by atoms with van der Waals surface area (Å²) in [6, 6.07) is 11.3. The third kappa shape index (κ3) is 3.56. The first kappa shape index (κ1) is 15.4. The molecule has 0 heterocycles. The second-order valence-corrected chi connectivity index (χ2v) is 6.95. The average Bonchev–Trinajstić information content (AvgIpc) is 3.29. The average molecular weight is 288 g/mol. The van der Waals surface area contributed by atoms with Gasteiger partial charge in [0.15, 0.2) is 0 Å². The minimum Gasteiger partial charge on any atom is -0.299 e. The van der Waals surface area contributed by atoms with Crippen molar-refractivity contribution >= 4 is 11.8 Å². The molecule has 1 atom stereocenters. The van der Waals surface area contributed by atoms with Gasteiger partial charge >= 0.3 is 0 Å². The smallest absolute Gasteiger partial charge is 0.119 e. The summed E-state index contributed by atoms with van der Waals surface area (Å²) in [4.78, 5) is 1.26. The maximum atomic E-state index is 9.59. The Kier molecular flexibility index (Phi) is 5.12. The van der Waals surface area contributed by atoms with Crippen LogP contribution in [0.5, 0.6) is 0 Å². The molecule has 1 N–H and O–H groups in total. The number of nitriles is 1. The molecule has 0 radical (unpaired) electrons. The van der Waals surface area contributed by atoms with E-state index in [-0.39, 0.29) is 5.54 Å². The second-order valence-electron chi connectivity index (χ2n) is 5.90. The highest BCUT2D eigenvalue weighted by molar-refractivity contribution is 7.99. The number of nitrogens with one attached hydrogen (secondary N) is 1. The van der Waals surface area contributed by atoms with E-state index in [0.29, 0.717) is 11.8 Å². The lowest BCUT2D eigenvalue weighted by atomic mass is 9.98. The standard InChI is InChI=1S/C17H24N2S/c1-4-19-17(11-18,15-7-8-15)12-20-16-9-5-14(6-10-16)13(2)3/h5-6,9-10,13,15,19H,4,7-8,12H2,1-3H3. The largest absolute Gasteiger partial charge is 0.299 e. The highest BCUT2D eigenvalue weighted by Gasteiger charge is 2.45. The summed E-state index contributed by atoms with van der Waals surface area (Å²) in [7, 11) is 0. The lowest BCUT2D eigenvalue weighted by Gasteiger charge is -2.27. The zero-order valence-electron chi connectivity index (χ0n) is 12.6. The fourth-order valence-corrected chi connectivity index (χ4v) is 3.64. The molecule has 1 aliphatic rings. The maximum absolute atomic E-state index is 9.59. The molecule has 1 aromatic rings. The molecule has 2 nitrogen and oxygen atoms in total. The number of hydrogen-bond donors (Lipinski definition) is 1. The third-order valence-corrected chi connectivity index (χ3v) is 5.18. The van der Waals surface area contributed by atoms with Crippen LogP contribution in [-0.2, 0) is 0 Å². The lowest BCUT2D eigenvalue weighted by Crippen LogP contribution is -2.48. The molecule has 20 heavy (non-hydrogen) atoms. The van der Waals surface area contributed by atoms with E-state index in [1.165, 1.54) is 23.3 Å². The quantitative estimate of drug-likeness (QED) is 0.764. The van der Waals surface area contributed by atoms with E-state index in [4.69, 9.17) is 0 Å². The molecule has 0 aromatic heterocycles. The van der Waals surface area contributed by atoms with Gasteiger partial charge in [-0.3, -0.25) is 5.32 Å². The van der Waals surface area contributed by atoms with Crippen molar-refractivity contribution in [3.8, 4) is 6.07 Å². The van der Waals surface area contributed by atoms with Gasteiger partial charge in [-0.2, -0.15) is 5.26 Å². The summed E-state index contributed by atoms with van der Waals surface area (Å²) in [5, 5.41) is 13.0. The molecule has 0 aliphatic heterocycles. The van der Waals surface area contributed by atoms with E-state index in [0.717, 1.165) is 12.3 Å². The summed E-state index contributed by atoms with van der Waals surface area (Å²) in [6.45, 7) is 7.36. The number of benzene rings is 1. The molecule has 2 rings (SSSR count). The van der Waals surface area contributed by atoms with Gasteiger partial charge in [0.1, 0.15) is 5.54 Å². The number of hydrogen-bond acceptors (Lipinski definition) is 3. The summed E-state index contributed by atoms with van der Waals surface area (Å²) in [5.41, 5.74) is 1.03. The molecular formula is C17H24N2S. The minimum absolute atomic E-state index is 0.337. The SMILES string of the molecule is CCNC(C#N)(CSc1ccc(C(C)C)cc1)C1CC1. The van der Waals surface area contributed by atoms with E-state index in [9.17, 15) is 5.26 Å². The highest BCUT2D eigenvalue weighted by Crippen LogP contribution is 2.42. The Balaban J connectivity index is 2.00. The van der Waals surface area contributed by atoms with Crippen LogP contribution in [0, 0.1) is 17.2 Å². The molecule has 3 heteroatoms. The first-order chi connectivity index (χ1) is 9.61. The van der Waals surface area contributed by atoms with Gasteiger partial charge < -0.3 is 0 Å². The fourth-order valence-electron chi connectivity index (χ4n) is 2.51. The summed E-state index contributed by atoms with van der Waals surface area (Å²) < 4.78 is 0. The van der Waals surface area contributed by atoms with Crippen LogP contribution in [0.4, 0.5) is 0 Å². The van der Waals surface area contributed by atoms with Crippen LogP contribution in [0.15, 0.2) is 29.2 Å². The van der Waals surface area contributed by atoms with Crippen LogP contribution in [0.3, 0.4) is 0 Å². The fraction of sp³-hybridized carbons (Fsp3) is 0.588. The van der Waals surface area contributed by atoms with Crippen LogP contribution in [-0.4, -0.2) is 17.8 Å². The van der Waals surface area contributed by atoms with E-state index in [1.807, 2.05) is 0 Å². The van der Waals surface area contributed by atoms with Crippen molar-refractivity contribution in [3.05, 3.63) is 29.8 Å². The normalized spacial score (nSPS) is 17.8. The molecule has 1 aromatic carbocycles. The van der Waals surface area contributed by atoms with E-state index in [2.05, 4.69) is 56.4 Å². The number of rotatable bonds is 7. The third-order valence-electron chi connectivity index (χ3n) is 3.98. The molecule has 108 valence electrons. The van der Waals surface area contributed by atoms with Crippen molar-refractivity contribution in [2.24, 2.45) is 5.92 Å². The summed E-state index contributed by atoms with van der Waals surface area (Å²) in [6.07, 6.45) is 2.38. The molecule has 1 unspecified atom stereocenters. The Bertz CT molecular complexity index is 471. The topological polar surface area (TPSA) is 35.8 Å². The van der Waals surface area contributed by atoms with Crippen molar-refractivity contribution in [2.45, 2.75) is 50.0 Å². The molecule has 1 saturated carbocycles. The molecule has 1 fully saturated rings. The van der Waals surface area contributed by atoms with Crippen LogP contribution < -0.4 is 5.32 Å². The molecule has 0 saturated heterocycles. The first-order valence-electron chi connectivity index (χ1n) is 7.50. The zero-order valence-corrected chi connectivity index (χ0v) is 13.5. The van der Waals surface area contributed by atoms with Crippen molar-refractivity contribution in [1.82, 2.24) is 5.32 Å². The Morgan fingerprint density at radius 1 is 1.35 bits per heavy atom. The van der Waals surface area contributed by atoms with E-state index >= 15 is 0 Å². The zero-order chi connectivity index (χ0) is 14.6. The number of thioether (sulfide) groups is 1. The Hall–Kier alpha value is -0.980. The van der Waals surface area contributed by atoms with Crippen molar-refractivity contribution < 1.29 is 0 Å². The van der Waals surface area contributed by atoms with Gasteiger partial charge in [-0.15, -0.1) is 11.8 Å². The van der Waals surface area contributed by atoms with Crippen molar-refractivity contribution in [2.75, 3.05) is 12.3 Å². The van der Waals surface area contributed by atoms with Gasteiger partial charge in [0, 0.05) is 10.6 Å². The van der Waals surface area contributed by atoms with Crippen LogP contribution in [0.25, 0.3) is 0 Å². The molecular weight excluding hydrogens is 264 g/mol. The van der Waals surface area contributed by atoms with Crippen molar-refractivity contribution in [3.63, 3.8) is 0 Å². The van der Waals surface area contributed by atoms with E-state index in [1.54, 1.807) is 11.8 Å². The Labute approximate surface area is 127 Å². The monoisotopic (exact) mass is 288 g/mol. The maximum Gasteiger partial charge on any atom is 0.119 e. The Morgan fingerprint density at radius 3 is 2.45 bits per heavy atom. The predicted molar refractivity (Wildman–Crippen MR) is 86.0 cm³/mol. The second kappa shape index (κ2) is 6.65. The van der Waals surface area contributed by atoms with Gasteiger partial charge in [0.05, 0.1) is 6.07 Å². The summed E-state index contributed by atoms with van der Waals surface area (Å²) >= 11 is 1.80. The van der Waals surface area contributed by atoms with E-state index < -0.39 is 0 Å². The van der Waals surface area contributed by atoms with Crippen LogP contribution >= 0.6 is 11.8 Å². The Morgan fingerprint density at radius 2 is 2.00 bits per heavy atom. The van der Waals surface area contributed by atoms with Gasteiger partial charge in [-0.25, -0.2) is 0 Å². The van der Waals surface area contributed by atoms with Gasteiger partial charge in [0.25, 0.3) is 0 Å². The minimum atomic E-state index is -0.337. The molecule has 0 spiro atoms. The first-order valence-corrected chi connectivity index (χ1v) is 8.49. The number of nitrogens with zero attached hydrogens (tertiary/aromatic N) is 1. The predicted octanol–water partition coefficient (Wildman–Crippen LogP) is 4.18. The van der Waals surface area contributed by atoms with Gasteiger partial charge in [-0.05, 0) is 48.9 Å². The van der Waals surface area contributed by atoms with Crippen LogP contribution in [0.1, 0.15) is 45.1 Å². The van der Waals surface area contributed by atoms with Crippen LogP contribution in [0.2, 0.25) is 0 Å². The highest BCUT2D eigenvalue weighted by atomic mass is 32.2. The van der Waals surface area contributed by atoms with Gasteiger partial charge in [0.2, 0.25) is 0 Å². The molecule has 0 amide bonds.